The van der Waals surface area contributed by atoms with Crippen LogP contribution in [0.3, 0.4) is 0 Å². The van der Waals surface area contributed by atoms with Crippen molar-refractivity contribution in [2.75, 3.05) is 5.32 Å². The summed E-state index contributed by atoms with van der Waals surface area (Å²) < 4.78 is 0. The Balaban J connectivity index is 2.85. The number of halogens is 1. The smallest absolute Gasteiger partial charge is 0.200 e. The van der Waals surface area contributed by atoms with Crippen molar-refractivity contribution in [1.82, 2.24) is 0 Å². The molecule has 1 aromatic carbocycles. The van der Waals surface area contributed by atoms with Crippen LogP contribution in [0.4, 0.5) is 5.69 Å². The number of rotatable bonds is 1. The molecule has 0 fully saturated rings. The van der Waals surface area contributed by atoms with E-state index >= 15 is 0 Å². The highest BCUT2D eigenvalue weighted by Gasteiger charge is 2.02. The number of nitrogens with two attached hydrogens (primary N) is 2. The van der Waals surface area contributed by atoms with Gasteiger partial charge < -0.3 is 16.8 Å². The highest BCUT2D eigenvalue weighted by atomic mass is 35.5. The Morgan fingerprint density at radius 2 is 2.19 bits per heavy atom. The molecule has 0 aromatic heterocycles. The molecular weight excluding hydrogens is 246 g/mol. The Kier molecular flexibility index (Phi) is 4.05. The normalized spacial score (nSPS) is 9.00. The summed E-state index contributed by atoms with van der Waals surface area (Å²) in [4.78, 5) is 3.63. The maximum Gasteiger partial charge on any atom is 0.200 e. The van der Waals surface area contributed by atoms with Gasteiger partial charge in [-0.2, -0.15) is 10.3 Å². The molecule has 16 heavy (non-hydrogen) atoms. The Bertz CT molecular complexity index is 487. The molecule has 0 unspecified atom stereocenters. The molecule has 0 aliphatic rings. The van der Waals surface area contributed by atoms with Crippen LogP contribution in [0.15, 0.2) is 23.2 Å². The monoisotopic (exact) mass is 253 g/mol. The number of thiocarbonyl (C=S) groups is 1. The van der Waals surface area contributed by atoms with Crippen molar-refractivity contribution in [3.63, 3.8) is 0 Å². The van der Waals surface area contributed by atoms with Crippen LogP contribution in [-0.4, -0.2) is 11.1 Å². The second-order valence-electron chi connectivity index (χ2n) is 2.77. The molecule has 7 heteroatoms. The first kappa shape index (κ1) is 12.2. The second kappa shape index (κ2) is 5.30. The summed E-state index contributed by atoms with van der Waals surface area (Å²) in [7, 11) is 0. The van der Waals surface area contributed by atoms with Crippen molar-refractivity contribution in [3.05, 3.63) is 28.8 Å². The molecule has 0 aliphatic carbocycles. The Morgan fingerprint density at radius 1 is 1.50 bits per heavy atom. The fraction of sp³-hybridized carbons (Fsp3) is 0. The van der Waals surface area contributed by atoms with Crippen LogP contribution in [-0.2, 0) is 0 Å². The summed E-state index contributed by atoms with van der Waals surface area (Å²) in [6.45, 7) is 0. The van der Waals surface area contributed by atoms with Gasteiger partial charge in [-0.25, -0.2) is 0 Å². The van der Waals surface area contributed by atoms with E-state index in [2.05, 4.69) is 10.3 Å². The molecule has 0 atom stereocenters. The summed E-state index contributed by atoms with van der Waals surface area (Å²) in [5, 5.41) is 11.9. The van der Waals surface area contributed by atoms with Crippen molar-refractivity contribution < 1.29 is 0 Å². The maximum absolute atomic E-state index is 8.67. The molecule has 0 saturated carbocycles. The third-order valence-corrected chi connectivity index (χ3v) is 2.08. The van der Waals surface area contributed by atoms with Crippen molar-refractivity contribution in [2.45, 2.75) is 0 Å². The Hall–Kier alpha value is -1.84. The van der Waals surface area contributed by atoms with Crippen molar-refractivity contribution in [3.8, 4) is 6.07 Å². The van der Waals surface area contributed by atoms with Crippen molar-refractivity contribution in [1.29, 1.82) is 5.26 Å². The maximum atomic E-state index is 8.67. The van der Waals surface area contributed by atoms with Gasteiger partial charge in [0.15, 0.2) is 5.96 Å². The minimum atomic E-state index is -0.128. The average molecular weight is 254 g/mol. The van der Waals surface area contributed by atoms with Crippen LogP contribution >= 0.6 is 23.8 Å². The van der Waals surface area contributed by atoms with Crippen molar-refractivity contribution >= 4 is 40.6 Å². The summed E-state index contributed by atoms with van der Waals surface area (Å²) >= 11 is 10.7. The number of nitrogens with one attached hydrogen (secondary N) is 1. The van der Waals surface area contributed by atoms with E-state index in [4.69, 9.17) is 40.5 Å². The van der Waals surface area contributed by atoms with Gasteiger partial charge in [-0.1, -0.05) is 11.6 Å². The SMILES string of the molecule is N#Cc1ccc(NC(=S)N=C(N)N)cc1Cl. The molecule has 5 N–H and O–H groups in total. The van der Waals surface area contributed by atoms with Gasteiger partial charge in [0.1, 0.15) is 6.07 Å². The van der Waals surface area contributed by atoms with E-state index in [0.29, 0.717) is 16.3 Å². The van der Waals surface area contributed by atoms with Gasteiger partial charge in [0.25, 0.3) is 0 Å². The number of benzene rings is 1. The predicted octanol–water partition coefficient (Wildman–Crippen LogP) is 1.18. The van der Waals surface area contributed by atoms with Crippen molar-refractivity contribution in [2.24, 2.45) is 16.5 Å². The minimum absolute atomic E-state index is 0.126. The predicted molar refractivity (Wildman–Crippen MR) is 68.2 cm³/mol. The van der Waals surface area contributed by atoms with Crippen LogP contribution in [0, 0.1) is 11.3 Å². The van der Waals surface area contributed by atoms with Gasteiger partial charge in [0.2, 0.25) is 5.11 Å². The highest BCUT2D eigenvalue weighted by molar-refractivity contribution is 7.80. The quantitative estimate of drug-likeness (QED) is 0.396. The minimum Gasteiger partial charge on any atom is -0.370 e. The molecule has 0 radical (unpaired) electrons. The highest BCUT2D eigenvalue weighted by Crippen LogP contribution is 2.20. The molecule has 0 spiro atoms. The third-order valence-electron chi connectivity index (χ3n) is 1.57. The first-order chi connectivity index (χ1) is 7.52. The van der Waals surface area contributed by atoms with Crippen LogP contribution in [0.1, 0.15) is 5.56 Å². The molecule has 5 nitrogen and oxygen atoms in total. The van der Waals surface area contributed by atoms with Crippen LogP contribution < -0.4 is 16.8 Å². The molecule has 0 bridgehead atoms. The van der Waals surface area contributed by atoms with Crippen LogP contribution in [0.5, 0.6) is 0 Å². The first-order valence-electron chi connectivity index (χ1n) is 4.13. The van der Waals surface area contributed by atoms with E-state index in [1.807, 2.05) is 6.07 Å². The van der Waals surface area contributed by atoms with Gasteiger partial charge in [-0.3, -0.25) is 0 Å². The van der Waals surface area contributed by atoms with E-state index in [0.717, 1.165) is 0 Å². The standard InChI is InChI=1S/C9H8ClN5S/c10-7-3-6(2-1-5(7)4-11)14-9(16)15-8(12)13/h1-3H,(H5,12,13,14,15,16). The molecule has 0 heterocycles. The summed E-state index contributed by atoms with van der Waals surface area (Å²) in [6.07, 6.45) is 0. The van der Waals surface area contributed by atoms with E-state index in [1.54, 1.807) is 18.2 Å². The summed E-state index contributed by atoms with van der Waals surface area (Å²) in [5.41, 5.74) is 11.3. The number of anilines is 1. The third kappa shape index (κ3) is 3.38. The molecule has 0 amide bonds. The molecule has 82 valence electrons. The summed E-state index contributed by atoms with van der Waals surface area (Å²) in [6, 6.07) is 6.74. The number of nitrogens with zero attached hydrogens (tertiary/aromatic N) is 2. The lowest BCUT2D eigenvalue weighted by molar-refractivity contribution is 1.47. The second-order valence-corrected chi connectivity index (χ2v) is 3.57. The van der Waals surface area contributed by atoms with Gasteiger partial charge in [-0.05, 0) is 30.4 Å². The topological polar surface area (TPSA) is 100 Å². The van der Waals surface area contributed by atoms with E-state index in [9.17, 15) is 0 Å². The van der Waals surface area contributed by atoms with Crippen LogP contribution in [0.25, 0.3) is 0 Å². The van der Waals surface area contributed by atoms with Gasteiger partial charge in [0.05, 0.1) is 10.6 Å². The van der Waals surface area contributed by atoms with Gasteiger partial charge in [0, 0.05) is 5.69 Å². The fourth-order valence-electron chi connectivity index (χ4n) is 0.952. The first-order valence-corrected chi connectivity index (χ1v) is 4.92. The lowest BCUT2D eigenvalue weighted by atomic mass is 10.2. The lowest BCUT2D eigenvalue weighted by Crippen LogP contribution is -2.25. The molecule has 0 aliphatic heterocycles. The zero-order valence-electron chi connectivity index (χ0n) is 8.07. The van der Waals surface area contributed by atoms with E-state index < -0.39 is 0 Å². The number of guanidine groups is 1. The molecular formula is C9H8ClN5S. The van der Waals surface area contributed by atoms with E-state index in [1.165, 1.54) is 0 Å². The number of nitriles is 1. The average Bonchev–Trinajstić information content (AvgIpc) is 2.16. The Labute approximate surface area is 103 Å². The van der Waals surface area contributed by atoms with Crippen LogP contribution in [0.2, 0.25) is 5.02 Å². The number of hydrogen-bond acceptors (Lipinski definition) is 2. The number of aliphatic imine (C=N–C) groups is 1. The zero-order chi connectivity index (χ0) is 12.1. The molecule has 1 aromatic rings. The fourth-order valence-corrected chi connectivity index (χ4v) is 1.40. The van der Waals surface area contributed by atoms with E-state index in [-0.39, 0.29) is 11.1 Å². The number of hydrogen-bond donors (Lipinski definition) is 3. The molecule has 0 saturated heterocycles. The Morgan fingerprint density at radius 3 is 2.69 bits per heavy atom. The van der Waals surface area contributed by atoms with Gasteiger partial charge >= 0.3 is 0 Å². The molecule has 1 rings (SSSR count). The van der Waals surface area contributed by atoms with Gasteiger partial charge in [-0.15, -0.1) is 0 Å². The largest absolute Gasteiger partial charge is 0.370 e. The summed E-state index contributed by atoms with van der Waals surface area (Å²) in [5.74, 6) is -0.128. The zero-order valence-corrected chi connectivity index (χ0v) is 9.64. The lowest BCUT2D eigenvalue weighted by Gasteiger charge is -2.05.